The standard InChI is InChI=1S/C21H15ClN6O3S2/c22-14-1-5-20(17(10-14)18-7-8-25-28(18)15-2-3-15)31-19-6-4-16(9-13(19)11-23)33(29,30)27-21-24-12-26-32-21/h1,4-10,12,15H,2-3H2,(H,24,26,27). The van der Waals surface area contributed by atoms with Gasteiger partial charge in [-0.1, -0.05) is 11.6 Å². The number of anilines is 1. The summed E-state index contributed by atoms with van der Waals surface area (Å²) in [7, 11) is -3.94. The molecule has 0 bridgehead atoms. The van der Waals surface area contributed by atoms with E-state index in [0.29, 0.717) is 16.8 Å². The number of nitriles is 1. The van der Waals surface area contributed by atoms with Gasteiger partial charge in [-0.2, -0.15) is 14.7 Å². The third kappa shape index (κ3) is 4.41. The lowest BCUT2D eigenvalue weighted by Crippen LogP contribution is -2.13. The largest absolute Gasteiger partial charge is 0.455 e. The SMILES string of the molecule is N#Cc1cc(S(=O)(=O)Nc2ncns2)ccc1Oc1ccc(Cl)cc1-c1ccnn1C1CC1. The lowest BCUT2D eigenvalue weighted by atomic mass is 10.1. The van der Waals surface area contributed by atoms with Crippen LogP contribution in [0.2, 0.25) is 5.02 Å². The summed E-state index contributed by atoms with van der Waals surface area (Å²) in [6.07, 6.45) is 5.10. The molecule has 2 heterocycles. The van der Waals surface area contributed by atoms with Gasteiger partial charge < -0.3 is 4.74 Å². The number of nitrogens with zero attached hydrogens (tertiary/aromatic N) is 5. The lowest BCUT2D eigenvalue weighted by molar-refractivity contribution is 0.481. The highest BCUT2D eigenvalue weighted by Crippen LogP contribution is 2.42. The Labute approximate surface area is 198 Å². The van der Waals surface area contributed by atoms with Crippen LogP contribution in [0.1, 0.15) is 24.4 Å². The number of aromatic nitrogens is 4. The van der Waals surface area contributed by atoms with Crippen LogP contribution in [0.3, 0.4) is 0 Å². The molecule has 4 aromatic rings. The summed E-state index contributed by atoms with van der Waals surface area (Å²) >= 11 is 7.16. The van der Waals surface area contributed by atoms with Crippen molar-refractivity contribution < 1.29 is 13.2 Å². The zero-order valence-electron chi connectivity index (χ0n) is 16.8. The summed E-state index contributed by atoms with van der Waals surface area (Å²) in [4.78, 5) is 3.72. The van der Waals surface area contributed by atoms with Crippen molar-refractivity contribution >= 4 is 38.3 Å². The second-order valence-electron chi connectivity index (χ2n) is 7.26. The van der Waals surface area contributed by atoms with Crippen molar-refractivity contribution in [3.8, 4) is 28.8 Å². The molecule has 1 N–H and O–H groups in total. The Morgan fingerprint density at radius 2 is 2.00 bits per heavy atom. The van der Waals surface area contributed by atoms with Gasteiger partial charge in [0.2, 0.25) is 5.13 Å². The molecule has 166 valence electrons. The minimum Gasteiger partial charge on any atom is -0.455 e. The fraction of sp³-hybridized carbons (Fsp3) is 0.143. The third-order valence-corrected chi connectivity index (χ3v) is 7.25. The number of rotatable bonds is 7. The van der Waals surface area contributed by atoms with Crippen molar-refractivity contribution in [2.24, 2.45) is 0 Å². The van der Waals surface area contributed by atoms with Crippen LogP contribution in [-0.4, -0.2) is 27.6 Å². The number of hydrogen-bond acceptors (Lipinski definition) is 8. The molecular weight excluding hydrogens is 484 g/mol. The van der Waals surface area contributed by atoms with Crippen molar-refractivity contribution in [2.45, 2.75) is 23.8 Å². The van der Waals surface area contributed by atoms with Gasteiger partial charge in [-0.05, 0) is 55.3 Å². The quantitative estimate of drug-likeness (QED) is 0.386. The number of sulfonamides is 1. The highest BCUT2D eigenvalue weighted by molar-refractivity contribution is 7.93. The summed E-state index contributed by atoms with van der Waals surface area (Å²) in [6, 6.07) is 13.5. The number of benzene rings is 2. The molecule has 1 fully saturated rings. The van der Waals surface area contributed by atoms with Crippen molar-refractivity contribution in [3.63, 3.8) is 0 Å². The molecule has 9 nitrogen and oxygen atoms in total. The maximum Gasteiger partial charge on any atom is 0.263 e. The van der Waals surface area contributed by atoms with Crippen LogP contribution >= 0.6 is 23.1 Å². The Morgan fingerprint density at radius 3 is 2.73 bits per heavy atom. The van der Waals surface area contributed by atoms with E-state index >= 15 is 0 Å². The molecule has 0 saturated heterocycles. The van der Waals surface area contributed by atoms with Crippen LogP contribution in [0.15, 0.2) is 59.9 Å². The number of hydrogen-bond donors (Lipinski definition) is 1. The van der Waals surface area contributed by atoms with Crippen LogP contribution in [0.4, 0.5) is 5.13 Å². The predicted molar refractivity (Wildman–Crippen MR) is 123 cm³/mol. The first-order valence-corrected chi connectivity index (χ1v) is 12.4. The molecule has 0 spiro atoms. The molecule has 1 aliphatic rings. The highest BCUT2D eigenvalue weighted by atomic mass is 35.5. The normalized spacial score (nSPS) is 13.5. The van der Waals surface area contributed by atoms with E-state index in [2.05, 4.69) is 19.2 Å². The van der Waals surface area contributed by atoms with Crippen molar-refractivity contribution in [2.75, 3.05) is 4.72 Å². The topological polar surface area (TPSA) is 123 Å². The summed E-state index contributed by atoms with van der Waals surface area (Å²) in [6.45, 7) is 0. The molecule has 12 heteroatoms. The van der Waals surface area contributed by atoms with Crippen LogP contribution in [0, 0.1) is 11.3 Å². The monoisotopic (exact) mass is 498 g/mol. The number of ether oxygens (including phenoxy) is 1. The average molecular weight is 499 g/mol. The number of nitrogens with one attached hydrogen (secondary N) is 1. The Bertz CT molecular complexity index is 1470. The summed E-state index contributed by atoms with van der Waals surface area (Å²) in [5, 5.41) is 14.7. The molecule has 5 rings (SSSR count). The van der Waals surface area contributed by atoms with E-state index < -0.39 is 10.0 Å². The van der Waals surface area contributed by atoms with Gasteiger partial charge in [0, 0.05) is 28.3 Å². The summed E-state index contributed by atoms with van der Waals surface area (Å²) in [5.41, 5.74) is 1.64. The van der Waals surface area contributed by atoms with Crippen molar-refractivity contribution in [1.29, 1.82) is 5.26 Å². The molecule has 0 amide bonds. The van der Waals surface area contributed by atoms with E-state index in [1.807, 2.05) is 16.8 Å². The molecule has 2 aromatic heterocycles. The van der Waals surface area contributed by atoms with E-state index in [0.717, 1.165) is 35.6 Å². The highest BCUT2D eigenvalue weighted by Gasteiger charge is 2.28. The Balaban J connectivity index is 1.49. The minimum atomic E-state index is -3.94. The molecular formula is C21H15ClN6O3S2. The Hall–Kier alpha value is -3.46. The maximum absolute atomic E-state index is 12.6. The first-order chi connectivity index (χ1) is 15.9. The fourth-order valence-corrected chi connectivity index (χ4v) is 5.15. The van der Waals surface area contributed by atoms with Gasteiger partial charge in [0.05, 0.1) is 22.2 Å². The lowest BCUT2D eigenvalue weighted by Gasteiger charge is -2.15. The third-order valence-electron chi connectivity index (χ3n) is 4.97. The molecule has 0 unspecified atom stereocenters. The van der Waals surface area contributed by atoms with E-state index in [4.69, 9.17) is 16.3 Å². The van der Waals surface area contributed by atoms with Crippen LogP contribution < -0.4 is 9.46 Å². The van der Waals surface area contributed by atoms with Gasteiger partial charge in [0.15, 0.2) is 0 Å². The van der Waals surface area contributed by atoms with E-state index in [-0.39, 0.29) is 21.3 Å². The Kier molecular flexibility index (Phi) is 5.49. The van der Waals surface area contributed by atoms with Gasteiger partial charge in [0.1, 0.15) is 23.9 Å². The van der Waals surface area contributed by atoms with Gasteiger partial charge in [-0.25, -0.2) is 13.4 Å². The van der Waals surface area contributed by atoms with Gasteiger partial charge in [-0.3, -0.25) is 9.40 Å². The summed E-state index contributed by atoms with van der Waals surface area (Å²) in [5.74, 6) is 0.689. The average Bonchev–Trinajstić information content (AvgIpc) is 3.30. The number of halogens is 1. The Morgan fingerprint density at radius 1 is 1.18 bits per heavy atom. The fourth-order valence-electron chi connectivity index (χ4n) is 3.29. The molecule has 1 aliphatic carbocycles. The van der Waals surface area contributed by atoms with Crippen LogP contribution in [-0.2, 0) is 10.0 Å². The molecule has 33 heavy (non-hydrogen) atoms. The smallest absolute Gasteiger partial charge is 0.263 e. The van der Waals surface area contributed by atoms with E-state index in [1.165, 1.54) is 24.5 Å². The van der Waals surface area contributed by atoms with E-state index in [1.54, 1.807) is 24.4 Å². The molecule has 0 aliphatic heterocycles. The minimum absolute atomic E-state index is 0.0618. The maximum atomic E-state index is 12.6. The van der Waals surface area contributed by atoms with Gasteiger partial charge >= 0.3 is 0 Å². The molecule has 0 atom stereocenters. The van der Waals surface area contributed by atoms with Gasteiger partial charge in [-0.15, -0.1) is 0 Å². The van der Waals surface area contributed by atoms with Crippen LogP contribution in [0.5, 0.6) is 11.5 Å². The van der Waals surface area contributed by atoms with Crippen molar-refractivity contribution in [3.05, 3.63) is 65.6 Å². The zero-order valence-corrected chi connectivity index (χ0v) is 19.2. The first-order valence-electron chi connectivity index (χ1n) is 9.79. The zero-order chi connectivity index (χ0) is 23.0. The predicted octanol–water partition coefficient (Wildman–Crippen LogP) is 4.85. The molecule has 2 aromatic carbocycles. The van der Waals surface area contributed by atoms with Gasteiger partial charge in [0.25, 0.3) is 10.0 Å². The first kappa shape index (κ1) is 21.4. The van der Waals surface area contributed by atoms with Crippen molar-refractivity contribution in [1.82, 2.24) is 19.1 Å². The summed E-state index contributed by atoms with van der Waals surface area (Å²) < 4.78 is 39.4. The second kappa shape index (κ2) is 8.47. The second-order valence-corrected chi connectivity index (χ2v) is 10.2. The van der Waals surface area contributed by atoms with E-state index in [9.17, 15) is 13.7 Å². The molecule has 1 saturated carbocycles. The van der Waals surface area contributed by atoms with Crippen LogP contribution in [0.25, 0.3) is 11.3 Å². The molecule has 0 radical (unpaired) electrons.